The summed E-state index contributed by atoms with van der Waals surface area (Å²) in [5.41, 5.74) is 0. The minimum atomic E-state index is 0.387. The molecule has 0 saturated carbocycles. The van der Waals surface area contributed by atoms with Gasteiger partial charge in [-0.05, 0) is 32.6 Å². The fraction of sp³-hybridized carbons (Fsp3) is 0.769. The van der Waals surface area contributed by atoms with Gasteiger partial charge in [-0.25, -0.2) is 0 Å². The standard InChI is InChI=1S/C13H25N5O/c1-9(2)6-7-10(3)16-13(14-5)15-8-12-17-11(4)18-19-12/h9-10H,6-8H2,1-5H3,(H2,14,15,16). The van der Waals surface area contributed by atoms with Crippen LogP contribution in [0.1, 0.15) is 45.3 Å². The van der Waals surface area contributed by atoms with E-state index >= 15 is 0 Å². The molecular weight excluding hydrogens is 242 g/mol. The zero-order valence-corrected chi connectivity index (χ0v) is 12.5. The van der Waals surface area contributed by atoms with Crippen molar-refractivity contribution in [1.82, 2.24) is 20.8 Å². The van der Waals surface area contributed by atoms with Gasteiger partial charge in [0.15, 0.2) is 11.8 Å². The third kappa shape index (κ3) is 6.22. The third-order valence-corrected chi connectivity index (χ3v) is 2.76. The Morgan fingerprint density at radius 3 is 2.58 bits per heavy atom. The maximum atomic E-state index is 5.04. The first-order valence-electron chi connectivity index (χ1n) is 6.77. The molecule has 1 aromatic rings. The number of nitrogens with zero attached hydrogens (tertiary/aromatic N) is 3. The number of nitrogens with one attached hydrogen (secondary N) is 2. The Balaban J connectivity index is 2.33. The summed E-state index contributed by atoms with van der Waals surface area (Å²) in [6.45, 7) is 8.91. The number of guanidine groups is 1. The van der Waals surface area contributed by atoms with Crippen LogP contribution >= 0.6 is 0 Å². The van der Waals surface area contributed by atoms with Gasteiger partial charge in [0, 0.05) is 13.1 Å². The fourth-order valence-electron chi connectivity index (χ4n) is 1.65. The maximum absolute atomic E-state index is 5.04. The van der Waals surface area contributed by atoms with Crippen LogP contribution in [0.2, 0.25) is 0 Å². The first kappa shape index (κ1) is 15.5. The summed E-state index contributed by atoms with van der Waals surface area (Å²) in [4.78, 5) is 8.31. The van der Waals surface area contributed by atoms with E-state index in [1.54, 1.807) is 14.0 Å². The van der Waals surface area contributed by atoms with E-state index in [1.165, 1.54) is 6.42 Å². The monoisotopic (exact) mass is 267 g/mol. The van der Waals surface area contributed by atoms with Gasteiger partial charge in [-0.3, -0.25) is 4.99 Å². The van der Waals surface area contributed by atoms with Crippen molar-refractivity contribution >= 4 is 5.96 Å². The molecule has 2 N–H and O–H groups in total. The highest BCUT2D eigenvalue weighted by atomic mass is 16.5. The number of aryl methyl sites for hydroxylation is 1. The van der Waals surface area contributed by atoms with E-state index < -0.39 is 0 Å². The van der Waals surface area contributed by atoms with Crippen LogP contribution in [0.3, 0.4) is 0 Å². The molecule has 0 bridgehead atoms. The van der Waals surface area contributed by atoms with Crippen LogP contribution in [-0.4, -0.2) is 29.2 Å². The van der Waals surface area contributed by atoms with Crippen molar-refractivity contribution in [2.45, 2.75) is 53.1 Å². The maximum Gasteiger partial charge on any atom is 0.246 e. The second kappa shape index (κ2) is 7.76. The quantitative estimate of drug-likeness (QED) is 0.608. The molecule has 1 atom stereocenters. The summed E-state index contributed by atoms with van der Waals surface area (Å²) in [5.74, 6) is 2.69. The van der Waals surface area contributed by atoms with Crippen molar-refractivity contribution in [3.8, 4) is 0 Å². The van der Waals surface area contributed by atoms with Gasteiger partial charge in [0.2, 0.25) is 5.89 Å². The molecule has 6 heteroatoms. The fourth-order valence-corrected chi connectivity index (χ4v) is 1.65. The van der Waals surface area contributed by atoms with Gasteiger partial charge in [-0.15, -0.1) is 0 Å². The molecule has 0 aliphatic heterocycles. The van der Waals surface area contributed by atoms with Gasteiger partial charge in [0.25, 0.3) is 0 Å². The molecule has 0 amide bonds. The predicted molar refractivity (Wildman–Crippen MR) is 75.9 cm³/mol. The lowest BCUT2D eigenvalue weighted by Crippen LogP contribution is -2.42. The Bertz CT molecular complexity index is 399. The van der Waals surface area contributed by atoms with Crippen molar-refractivity contribution in [2.24, 2.45) is 10.9 Å². The smallest absolute Gasteiger partial charge is 0.246 e. The Hall–Kier alpha value is -1.59. The molecule has 0 spiro atoms. The summed E-state index contributed by atoms with van der Waals surface area (Å²) in [5, 5.41) is 10.3. The van der Waals surface area contributed by atoms with Crippen LogP contribution in [-0.2, 0) is 6.54 Å². The van der Waals surface area contributed by atoms with Gasteiger partial charge in [0.05, 0.1) is 6.54 Å². The molecule has 0 aliphatic rings. The Kier molecular flexibility index (Phi) is 6.32. The molecule has 1 rings (SSSR count). The minimum absolute atomic E-state index is 0.387. The van der Waals surface area contributed by atoms with Crippen LogP contribution < -0.4 is 10.6 Å². The SMILES string of the molecule is CN=C(NCc1nc(C)no1)NC(C)CCC(C)C. The zero-order chi connectivity index (χ0) is 14.3. The Morgan fingerprint density at radius 1 is 1.32 bits per heavy atom. The lowest BCUT2D eigenvalue weighted by Gasteiger charge is -2.18. The molecular formula is C13H25N5O. The van der Waals surface area contributed by atoms with Crippen molar-refractivity contribution in [3.63, 3.8) is 0 Å². The lowest BCUT2D eigenvalue weighted by atomic mass is 10.0. The minimum Gasteiger partial charge on any atom is -0.354 e. The number of aromatic nitrogens is 2. The molecule has 1 heterocycles. The third-order valence-electron chi connectivity index (χ3n) is 2.76. The van der Waals surface area contributed by atoms with E-state index in [0.29, 0.717) is 24.3 Å². The molecule has 6 nitrogen and oxygen atoms in total. The van der Waals surface area contributed by atoms with Gasteiger partial charge in [-0.2, -0.15) is 4.98 Å². The molecule has 0 fully saturated rings. The number of hydrogen-bond acceptors (Lipinski definition) is 4. The number of aliphatic imine (C=N–C) groups is 1. The highest BCUT2D eigenvalue weighted by Gasteiger charge is 2.08. The summed E-state index contributed by atoms with van der Waals surface area (Å²) in [6, 6.07) is 0.387. The van der Waals surface area contributed by atoms with Crippen LogP contribution in [0.4, 0.5) is 0 Å². The van der Waals surface area contributed by atoms with Gasteiger partial charge < -0.3 is 15.2 Å². The zero-order valence-electron chi connectivity index (χ0n) is 12.5. The molecule has 1 unspecified atom stereocenters. The molecule has 0 aliphatic carbocycles. The molecule has 0 saturated heterocycles. The number of rotatable bonds is 6. The first-order chi connectivity index (χ1) is 9.01. The lowest BCUT2D eigenvalue weighted by molar-refractivity contribution is 0.371. The summed E-state index contributed by atoms with van der Waals surface area (Å²) >= 11 is 0. The van der Waals surface area contributed by atoms with E-state index in [4.69, 9.17) is 4.52 Å². The molecule has 1 aromatic heterocycles. The second-order valence-electron chi connectivity index (χ2n) is 5.18. The molecule has 0 radical (unpaired) electrons. The summed E-state index contributed by atoms with van der Waals surface area (Å²) < 4.78 is 5.04. The van der Waals surface area contributed by atoms with Crippen LogP contribution in [0.25, 0.3) is 0 Å². The van der Waals surface area contributed by atoms with Crippen LogP contribution in [0, 0.1) is 12.8 Å². The van der Waals surface area contributed by atoms with E-state index in [-0.39, 0.29) is 0 Å². The van der Waals surface area contributed by atoms with E-state index in [2.05, 4.69) is 46.5 Å². The van der Waals surface area contributed by atoms with E-state index in [0.717, 1.165) is 18.3 Å². The molecule has 108 valence electrons. The van der Waals surface area contributed by atoms with E-state index in [1.807, 2.05) is 0 Å². The number of hydrogen-bond donors (Lipinski definition) is 2. The van der Waals surface area contributed by atoms with Crippen molar-refractivity contribution in [2.75, 3.05) is 7.05 Å². The average molecular weight is 267 g/mol. The topological polar surface area (TPSA) is 75.3 Å². The predicted octanol–water partition coefficient (Wildman–Crippen LogP) is 1.87. The average Bonchev–Trinajstić information content (AvgIpc) is 2.77. The van der Waals surface area contributed by atoms with E-state index in [9.17, 15) is 0 Å². The largest absolute Gasteiger partial charge is 0.354 e. The normalized spacial score (nSPS) is 13.7. The van der Waals surface area contributed by atoms with Crippen molar-refractivity contribution in [1.29, 1.82) is 0 Å². The summed E-state index contributed by atoms with van der Waals surface area (Å²) in [6.07, 6.45) is 2.33. The Morgan fingerprint density at radius 2 is 2.05 bits per heavy atom. The van der Waals surface area contributed by atoms with Crippen molar-refractivity contribution in [3.05, 3.63) is 11.7 Å². The molecule has 0 aromatic carbocycles. The highest BCUT2D eigenvalue weighted by molar-refractivity contribution is 5.79. The van der Waals surface area contributed by atoms with Crippen molar-refractivity contribution < 1.29 is 4.52 Å². The van der Waals surface area contributed by atoms with Gasteiger partial charge in [0.1, 0.15) is 0 Å². The van der Waals surface area contributed by atoms with Crippen LogP contribution in [0.5, 0.6) is 0 Å². The first-order valence-corrected chi connectivity index (χ1v) is 6.77. The van der Waals surface area contributed by atoms with Gasteiger partial charge in [-0.1, -0.05) is 19.0 Å². The second-order valence-corrected chi connectivity index (χ2v) is 5.18. The van der Waals surface area contributed by atoms with Crippen LogP contribution in [0.15, 0.2) is 9.52 Å². The highest BCUT2D eigenvalue weighted by Crippen LogP contribution is 2.06. The van der Waals surface area contributed by atoms with Gasteiger partial charge >= 0.3 is 0 Å². The summed E-state index contributed by atoms with van der Waals surface area (Å²) in [7, 11) is 1.75. The Labute approximate surface area is 115 Å². The molecule has 19 heavy (non-hydrogen) atoms.